The van der Waals surface area contributed by atoms with Gasteiger partial charge in [-0.2, -0.15) is 0 Å². The molecule has 0 aromatic heterocycles. The number of hydrogen-bond donors (Lipinski definition) is 1. The maximum Gasteiger partial charge on any atom is 0.273 e. The average molecular weight is 347 g/mol. The van der Waals surface area contributed by atoms with E-state index in [0.717, 1.165) is 25.7 Å². The van der Waals surface area contributed by atoms with Crippen LogP contribution in [0.5, 0.6) is 5.75 Å². The fraction of sp³-hybridized carbons (Fsp3) is 0.529. The molecule has 1 aliphatic heterocycles. The molecule has 0 spiro atoms. The van der Waals surface area contributed by atoms with Gasteiger partial charge in [-0.1, -0.05) is 12.8 Å². The van der Waals surface area contributed by atoms with E-state index >= 15 is 0 Å². The van der Waals surface area contributed by atoms with Crippen LogP contribution in [0.15, 0.2) is 18.2 Å². The van der Waals surface area contributed by atoms with Crippen molar-refractivity contribution in [2.75, 3.05) is 19.0 Å². The number of anilines is 1. The minimum absolute atomic E-state index is 0.0303. The number of nitro groups is 1. The maximum absolute atomic E-state index is 12.5. The Morgan fingerprint density at radius 1 is 1.36 bits per heavy atom. The Morgan fingerprint density at radius 3 is 2.72 bits per heavy atom. The number of hydrogen-bond acceptors (Lipinski definition) is 5. The second-order valence-electron chi connectivity index (χ2n) is 6.52. The molecule has 8 nitrogen and oxygen atoms in total. The van der Waals surface area contributed by atoms with Crippen LogP contribution in [0.4, 0.5) is 11.4 Å². The number of rotatable bonds is 5. The SMILES string of the molecule is COc1cc([N+](=O)[O-])ccc1NC(=O)[C@@H]1CC(=O)N(C2CCCC2)C1. The zero-order chi connectivity index (χ0) is 18.0. The van der Waals surface area contributed by atoms with Crippen LogP contribution in [0, 0.1) is 16.0 Å². The monoisotopic (exact) mass is 347 g/mol. The minimum Gasteiger partial charge on any atom is -0.494 e. The standard InChI is InChI=1S/C17H21N3O5/c1-25-15-9-13(20(23)24)6-7-14(15)18-17(22)11-8-16(21)19(10-11)12-4-2-3-5-12/h6-7,9,11-12H,2-5,8,10H2,1H3,(H,18,22)/t11-/m1/s1. The summed E-state index contributed by atoms with van der Waals surface area (Å²) in [5.74, 6) is -0.420. The van der Waals surface area contributed by atoms with E-state index in [2.05, 4.69) is 5.32 Å². The quantitative estimate of drug-likeness (QED) is 0.650. The Kier molecular flexibility index (Phi) is 4.87. The van der Waals surface area contributed by atoms with Crippen LogP contribution >= 0.6 is 0 Å². The van der Waals surface area contributed by atoms with Crippen molar-refractivity contribution in [3.63, 3.8) is 0 Å². The first-order chi connectivity index (χ1) is 12.0. The highest BCUT2D eigenvalue weighted by Gasteiger charge is 2.38. The highest BCUT2D eigenvalue weighted by atomic mass is 16.6. The molecule has 1 aliphatic carbocycles. The van der Waals surface area contributed by atoms with Gasteiger partial charge in [0.25, 0.3) is 5.69 Å². The van der Waals surface area contributed by atoms with Gasteiger partial charge in [0.15, 0.2) is 0 Å². The smallest absolute Gasteiger partial charge is 0.273 e. The van der Waals surface area contributed by atoms with Crippen molar-refractivity contribution < 1.29 is 19.2 Å². The molecule has 0 bridgehead atoms. The Morgan fingerprint density at radius 2 is 2.08 bits per heavy atom. The second-order valence-corrected chi connectivity index (χ2v) is 6.52. The van der Waals surface area contributed by atoms with Gasteiger partial charge in [-0.3, -0.25) is 19.7 Å². The number of amides is 2. The summed E-state index contributed by atoms with van der Waals surface area (Å²) in [5, 5.41) is 13.6. The van der Waals surface area contributed by atoms with Gasteiger partial charge in [0.05, 0.1) is 29.7 Å². The lowest BCUT2D eigenvalue weighted by molar-refractivity contribution is -0.384. The lowest BCUT2D eigenvalue weighted by Crippen LogP contribution is -2.35. The molecule has 1 aromatic carbocycles. The van der Waals surface area contributed by atoms with Crippen LogP contribution in [-0.4, -0.2) is 41.3 Å². The zero-order valence-electron chi connectivity index (χ0n) is 14.1. The fourth-order valence-electron chi connectivity index (χ4n) is 3.61. The number of nitro benzene ring substituents is 1. The third kappa shape index (κ3) is 3.57. The number of benzene rings is 1. The molecule has 25 heavy (non-hydrogen) atoms. The number of carbonyl (C=O) groups is 2. The minimum atomic E-state index is -0.525. The highest BCUT2D eigenvalue weighted by molar-refractivity contribution is 5.98. The zero-order valence-corrected chi connectivity index (χ0v) is 14.1. The number of nitrogens with zero attached hydrogens (tertiary/aromatic N) is 2. The van der Waals surface area contributed by atoms with Gasteiger partial charge < -0.3 is 15.0 Å². The maximum atomic E-state index is 12.5. The largest absolute Gasteiger partial charge is 0.494 e. The van der Waals surface area contributed by atoms with Gasteiger partial charge in [-0.15, -0.1) is 0 Å². The first kappa shape index (κ1) is 17.2. The van der Waals surface area contributed by atoms with E-state index in [0.29, 0.717) is 12.2 Å². The molecule has 1 N–H and O–H groups in total. The summed E-state index contributed by atoms with van der Waals surface area (Å²) in [7, 11) is 1.38. The number of carbonyl (C=O) groups excluding carboxylic acids is 2. The van der Waals surface area contributed by atoms with E-state index in [1.54, 1.807) is 0 Å². The van der Waals surface area contributed by atoms with Crippen molar-refractivity contribution >= 4 is 23.2 Å². The topological polar surface area (TPSA) is 102 Å². The highest BCUT2D eigenvalue weighted by Crippen LogP contribution is 2.32. The van der Waals surface area contributed by atoms with Crippen LogP contribution in [0.25, 0.3) is 0 Å². The van der Waals surface area contributed by atoms with Crippen LogP contribution < -0.4 is 10.1 Å². The van der Waals surface area contributed by atoms with Gasteiger partial charge >= 0.3 is 0 Å². The first-order valence-corrected chi connectivity index (χ1v) is 8.42. The molecule has 1 saturated carbocycles. The Labute approximate surface area is 145 Å². The average Bonchev–Trinajstić information content (AvgIpc) is 3.24. The summed E-state index contributed by atoms with van der Waals surface area (Å²) in [5.41, 5.74) is 0.253. The molecule has 0 radical (unpaired) electrons. The summed E-state index contributed by atoms with van der Waals surface area (Å²) in [6, 6.07) is 4.28. The number of likely N-dealkylation sites (tertiary alicyclic amines) is 1. The van der Waals surface area contributed by atoms with E-state index in [1.807, 2.05) is 4.90 Å². The van der Waals surface area contributed by atoms with Crippen LogP contribution in [0.2, 0.25) is 0 Å². The molecule has 134 valence electrons. The molecule has 2 fully saturated rings. The summed E-state index contributed by atoms with van der Waals surface area (Å²) in [4.78, 5) is 36.9. The molecular formula is C17H21N3O5. The van der Waals surface area contributed by atoms with Crippen molar-refractivity contribution in [1.29, 1.82) is 0 Å². The predicted molar refractivity (Wildman–Crippen MR) is 90.4 cm³/mol. The van der Waals surface area contributed by atoms with Gasteiger partial charge in [-0.05, 0) is 18.9 Å². The molecule has 1 saturated heterocycles. The van der Waals surface area contributed by atoms with Crippen molar-refractivity contribution in [3.8, 4) is 5.75 Å². The second kappa shape index (κ2) is 7.08. The third-order valence-corrected chi connectivity index (χ3v) is 4.95. The molecule has 3 rings (SSSR count). The van der Waals surface area contributed by atoms with Crippen molar-refractivity contribution in [1.82, 2.24) is 4.90 Å². The molecule has 2 amide bonds. The van der Waals surface area contributed by atoms with E-state index in [9.17, 15) is 19.7 Å². The predicted octanol–water partition coefficient (Wildman–Crippen LogP) is 2.33. The molecule has 1 aromatic rings. The number of nitrogens with one attached hydrogen (secondary N) is 1. The van der Waals surface area contributed by atoms with Crippen LogP contribution in [-0.2, 0) is 9.59 Å². The van der Waals surface area contributed by atoms with E-state index in [4.69, 9.17) is 4.74 Å². The first-order valence-electron chi connectivity index (χ1n) is 8.42. The fourth-order valence-corrected chi connectivity index (χ4v) is 3.61. The Hall–Kier alpha value is -2.64. The third-order valence-electron chi connectivity index (χ3n) is 4.95. The molecule has 1 heterocycles. The van der Waals surface area contributed by atoms with Crippen molar-refractivity contribution in [2.45, 2.75) is 38.1 Å². The van der Waals surface area contributed by atoms with Gasteiger partial charge in [0, 0.05) is 25.1 Å². The number of non-ortho nitro benzene ring substituents is 1. The summed E-state index contributed by atoms with van der Waals surface area (Å²) in [6.45, 7) is 0.435. The molecule has 2 aliphatic rings. The van der Waals surface area contributed by atoms with Gasteiger partial charge in [-0.25, -0.2) is 0 Å². The van der Waals surface area contributed by atoms with Crippen LogP contribution in [0.3, 0.4) is 0 Å². The van der Waals surface area contributed by atoms with Crippen molar-refractivity contribution in [3.05, 3.63) is 28.3 Å². The summed E-state index contributed by atoms with van der Waals surface area (Å²) >= 11 is 0. The number of ether oxygens (including phenoxy) is 1. The van der Waals surface area contributed by atoms with E-state index in [1.165, 1.54) is 25.3 Å². The normalized spacial score (nSPS) is 20.8. The number of methoxy groups -OCH3 is 1. The lowest BCUT2D eigenvalue weighted by Gasteiger charge is -2.23. The molecule has 1 atom stereocenters. The van der Waals surface area contributed by atoms with Crippen molar-refractivity contribution in [2.24, 2.45) is 5.92 Å². The van der Waals surface area contributed by atoms with Crippen LogP contribution in [0.1, 0.15) is 32.1 Å². The Balaban J connectivity index is 1.68. The Bertz CT molecular complexity index is 700. The van der Waals surface area contributed by atoms with E-state index < -0.39 is 10.8 Å². The molecule has 0 unspecified atom stereocenters. The summed E-state index contributed by atoms with van der Waals surface area (Å²) < 4.78 is 5.13. The molecular weight excluding hydrogens is 326 g/mol. The van der Waals surface area contributed by atoms with Gasteiger partial charge in [0.2, 0.25) is 11.8 Å². The lowest BCUT2D eigenvalue weighted by atomic mass is 10.1. The summed E-state index contributed by atoms with van der Waals surface area (Å²) in [6.07, 6.45) is 4.49. The van der Waals surface area contributed by atoms with E-state index in [-0.39, 0.29) is 35.7 Å². The van der Waals surface area contributed by atoms with Gasteiger partial charge in [0.1, 0.15) is 5.75 Å². The molecule has 8 heteroatoms.